The molecule has 0 saturated heterocycles. The monoisotopic (exact) mass is 567 g/mol. The highest BCUT2D eigenvalue weighted by molar-refractivity contribution is 7.98. The van der Waals surface area contributed by atoms with Gasteiger partial charge in [-0.25, -0.2) is 4.79 Å². The SMILES string of the molecule is CSCCC(N)C(=O)NC(CCSC)C(=O)NC(CCCN=C(N)N)C(=O)NC(CCSC)C(=O)O. The van der Waals surface area contributed by atoms with Crippen molar-refractivity contribution in [2.75, 3.05) is 42.6 Å². The van der Waals surface area contributed by atoms with Gasteiger partial charge in [0.05, 0.1) is 6.04 Å². The normalized spacial score (nSPS) is 14.1. The number of guanidine groups is 1. The van der Waals surface area contributed by atoms with E-state index in [9.17, 15) is 24.3 Å². The first kappa shape index (κ1) is 34.2. The van der Waals surface area contributed by atoms with E-state index in [0.717, 1.165) is 0 Å². The van der Waals surface area contributed by atoms with Crippen molar-refractivity contribution in [3.05, 3.63) is 0 Å². The molecule has 0 aromatic rings. The summed E-state index contributed by atoms with van der Waals surface area (Å²) in [5.41, 5.74) is 16.6. The second-order valence-electron chi connectivity index (χ2n) is 7.92. The fraction of sp³-hybridized carbons (Fsp3) is 0.762. The number of carboxylic acid groups (broad SMARTS) is 1. The van der Waals surface area contributed by atoms with Crippen LogP contribution in [0, 0.1) is 0 Å². The van der Waals surface area contributed by atoms with Crippen molar-refractivity contribution in [2.45, 2.75) is 56.3 Å². The molecule has 0 spiro atoms. The van der Waals surface area contributed by atoms with E-state index in [1.807, 2.05) is 18.8 Å². The lowest BCUT2D eigenvalue weighted by Gasteiger charge is -2.25. The minimum absolute atomic E-state index is 0.0966. The van der Waals surface area contributed by atoms with Crippen molar-refractivity contribution < 1.29 is 24.3 Å². The van der Waals surface area contributed by atoms with Gasteiger partial charge in [0, 0.05) is 6.54 Å². The minimum Gasteiger partial charge on any atom is -0.480 e. The second-order valence-corrected chi connectivity index (χ2v) is 10.9. The van der Waals surface area contributed by atoms with Gasteiger partial charge in [-0.3, -0.25) is 19.4 Å². The summed E-state index contributed by atoms with van der Waals surface area (Å²) in [5, 5.41) is 17.3. The first-order chi connectivity index (χ1) is 17.1. The maximum absolute atomic E-state index is 13.1. The van der Waals surface area contributed by atoms with Crippen LogP contribution in [-0.4, -0.2) is 101 Å². The van der Waals surface area contributed by atoms with Gasteiger partial charge in [0.15, 0.2) is 5.96 Å². The summed E-state index contributed by atoms with van der Waals surface area (Å²) < 4.78 is 0. The van der Waals surface area contributed by atoms with Crippen LogP contribution >= 0.6 is 35.3 Å². The highest BCUT2D eigenvalue weighted by atomic mass is 32.2. The van der Waals surface area contributed by atoms with Gasteiger partial charge in [-0.2, -0.15) is 35.3 Å². The van der Waals surface area contributed by atoms with Crippen molar-refractivity contribution in [2.24, 2.45) is 22.2 Å². The van der Waals surface area contributed by atoms with Crippen LogP contribution < -0.4 is 33.2 Å². The van der Waals surface area contributed by atoms with Gasteiger partial charge in [-0.15, -0.1) is 0 Å². The quantitative estimate of drug-likeness (QED) is 0.0547. The molecule has 0 bridgehead atoms. The second kappa shape index (κ2) is 20.2. The Hall–Kier alpha value is -1.84. The van der Waals surface area contributed by atoms with Gasteiger partial charge in [0.2, 0.25) is 17.7 Å². The smallest absolute Gasteiger partial charge is 0.326 e. The summed E-state index contributed by atoms with van der Waals surface area (Å²) in [5.74, 6) is -1.04. The van der Waals surface area contributed by atoms with Gasteiger partial charge in [0.1, 0.15) is 18.1 Å². The molecule has 208 valence electrons. The highest BCUT2D eigenvalue weighted by Gasteiger charge is 2.29. The molecule has 0 aliphatic carbocycles. The Labute approximate surface area is 225 Å². The van der Waals surface area contributed by atoms with Crippen LogP contribution in [0.5, 0.6) is 0 Å². The molecule has 15 heteroatoms. The molecule has 0 rings (SSSR count). The van der Waals surface area contributed by atoms with Crippen molar-refractivity contribution in [3.63, 3.8) is 0 Å². The molecule has 4 unspecified atom stereocenters. The van der Waals surface area contributed by atoms with Crippen LogP contribution in [0.15, 0.2) is 4.99 Å². The van der Waals surface area contributed by atoms with E-state index in [1.165, 1.54) is 23.5 Å². The first-order valence-electron chi connectivity index (χ1n) is 11.5. The number of carbonyl (C=O) groups excluding carboxylic acids is 3. The number of aliphatic imine (C=N–C) groups is 1. The van der Waals surface area contributed by atoms with E-state index in [4.69, 9.17) is 17.2 Å². The van der Waals surface area contributed by atoms with Crippen LogP contribution in [0.1, 0.15) is 32.1 Å². The highest BCUT2D eigenvalue weighted by Crippen LogP contribution is 2.07. The summed E-state index contributed by atoms with van der Waals surface area (Å²) in [7, 11) is 0. The van der Waals surface area contributed by atoms with E-state index in [0.29, 0.717) is 36.5 Å². The summed E-state index contributed by atoms with van der Waals surface area (Å²) >= 11 is 4.54. The molecule has 0 aromatic heterocycles. The van der Waals surface area contributed by atoms with Crippen LogP contribution in [-0.2, 0) is 19.2 Å². The summed E-state index contributed by atoms with van der Waals surface area (Å²) in [6.45, 7) is 0.230. The number of nitrogens with two attached hydrogens (primary N) is 3. The largest absolute Gasteiger partial charge is 0.480 e. The summed E-state index contributed by atoms with van der Waals surface area (Å²) in [6.07, 6.45) is 7.18. The number of carboxylic acids is 1. The van der Waals surface area contributed by atoms with Crippen LogP contribution in [0.25, 0.3) is 0 Å². The number of aliphatic carboxylic acids is 1. The Morgan fingerprint density at radius 3 is 1.69 bits per heavy atom. The van der Waals surface area contributed by atoms with Gasteiger partial charge >= 0.3 is 5.97 Å². The Kier molecular flexibility index (Phi) is 19.2. The predicted octanol–water partition coefficient (Wildman–Crippen LogP) is -0.834. The molecule has 0 aromatic carbocycles. The maximum Gasteiger partial charge on any atom is 0.326 e. The lowest BCUT2D eigenvalue weighted by Crippen LogP contribution is -2.57. The molecule has 12 nitrogen and oxygen atoms in total. The molecular weight excluding hydrogens is 526 g/mol. The average Bonchev–Trinajstić information content (AvgIpc) is 2.83. The zero-order chi connectivity index (χ0) is 27.5. The van der Waals surface area contributed by atoms with Crippen LogP contribution in [0.2, 0.25) is 0 Å². The Morgan fingerprint density at radius 2 is 1.19 bits per heavy atom. The molecule has 0 aliphatic heterocycles. The molecule has 4 atom stereocenters. The molecule has 0 radical (unpaired) electrons. The zero-order valence-corrected chi connectivity index (χ0v) is 23.6. The molecule has 3 amide bonds. The number of hydrogen-bond donors (Lipinski definition) is 7. The molecule has 36 heavy (non-hydrogen) atoms. The lowest BCUT2D eigenvalue weighted by atomic mass is 10.1. The fourth-order valence-electron chi connectivity index (χ4n) is 2.97. The third kappa shape index (κ3) is 15.3. The molecular formula is C21H41N7O5S3. The minimum atomic E-state index is -1.16. The number of carbonyl (C=O) groups is 4. The van der Waals surface area contributed by atoms with E-state index in [1.54, 1.807) is 11.8 Å². The fourth-order valence-corrected chi connectivity index (χ4v) is 4.40. The van der Waals surface area contributed by atoms with Crippen molar-refractivity contribution >= 4 is 64.9 Å². The maximum atomic E-state index is 13.1. The molecule has 10 N–H and O–H groups in total. The van der Waals surface area contributed by atoms with E-state index in [2.05, 4.69) is 20.9 Å². The van der Waals surface area contributed by atoms with Gasteiger partial charge in [0.25, 0.3) is 0 Å². The molecule has 0 fully saturated rings. The van der Waals surface area contributed by atoms with E-state index < -0.39 is 47.9 Å². The molecule has 0 saturated carbocycles. The van der Waals surface area contributed by atoms with Crippen molar-refractivity contribution in [3.8, 4) is 0 Å². The average molecular weight is 568 g/mol. The topological polar surface area (TPSA) is 215 Å². The number of rotatable bonds is 20. The van der Waals surface area contributed by atoms with Gasteiger partial charge in [-0.05, 0) is 68.1 Å². The Morgan fingerprint density at radius 1 is 0.750 bits per heavy atom. The molecule has 0 heterocycles. The number of thioether (sulfide) groups is 3. The third-order valence-corrected chi connectivity index (χ3v) is 6.95. The standard InChI is InChI=1S/C21H41N7O5S3/c1-34-10-6-13(22)17(29)26-15(7-11-35-2)19(31)27-14(5-4-9-25-21(23)24)18(30)28-16(20(32)33)8-12-36-3/h13-16H,4-12,22H2,1-3H3,(H,26,29)(H,27,31)(H,28,30)(H,32,33)(H4,23,24,25). The number of nitrogens with zero attached hydrogens (tertiary/aromatic N) is 1. The van der Waals surface area contributed by atoms with Crippen molar-refractivity contribution in [1.82, 2.24) is 16.0 Å². The lowest BCUT2D eigenvalue weighted by molar-refractivity contribution is -0.142. The van der Waals surface area contributed by atoms with E-state index >= 15 is 0 Å². The predicted molar refractivity (Wildman–Crippen MR) is 150 cm³/mol. The van der Waals surface area contributed by atoms with Crippen LogP contribution in [0.4, 0.5) is 0 Å². The number of amides is 3. The third-order valence-electron chi connectivity index (χ3n) is 5.02. The van der Waals surface area contributed by atoms with Crippen molar-refractivity contribution in [1.29, 1.82) is 0 Å². The van der Waals surface area contributed by atoms with Gasteiger partial charge < -0.3 is 38.3 Å². The Bertz CT molecular complexity index is 726. The zero-order valence-electron chi connectivity index (χ0n) is 21.2. The van der Waals surface area contributed by atoms with Gasteiger partial charge in [-0.1, -0.05) is 0 Å². The molecule has 0 aliphatic rings. The Balaban J connectivity index is 5.52. The number of nitrogens with one attached hydrogen (secondary N) is 3. The summed E-state index contributed by atoms with van der Waals surface area (Å²) in [4.78, 5) is 54.1. The number of hydrogen-bond acceptors (Lipinski definition) is 9. The van der Waals surface area contributed by atoms with Crippen LogP contribution in [0.3, 0.4) is 0 Å². The van der Waals surface area contributed by atoms with E-state index in [-0.39, 0.29) is 25.3 Å². The first-order valence-corrected chi connectivity index (χ1v) is 15.7. The summed E-state index contributed by atoms with van der Waals surface area (Å²) in [6, 6.07) is -3.79.